The summed E-state index contributed by atoms with van der Waals surface area (Å²) < 4.78 is 49.2. The van der Waals surface area contributed by atoms with Crippen LogP contribution in [0.3, 0.4) is 0 Å². The number of sulfone groups is 1. The number of carbonyl (C=O) groups excluding carboxylic acids is 1. The largest absolute Gasteiger partial charge is 0.334 e. The Kier molecular flexibility index (Phi) is 6.28. The van der Waals surface area contributed by atoms with Gasteiger partial charge in [-0.1, -0.05) is 6.92 Å². The fourth-order valence-electron chi connectivity index (χ4n) is 1.81. The van der Waals surface area contributed by atoms with Gasteiger partial charge in [-0.3, -0.25) is 0 Å². The lowest BCUT2D eigenvalue weighted by atomic mass is 10.2. The zero-order valence-electron chi connectivity index (χ0n) is 12.8. The van der Waals surface area contributed by atoms with E-state index < -0.39 is 33.5 Å². The molecule has 1 aromatic carbocycles. The molecule has 0 spiro atoms. The highest BCUT2D eigenvalue weighted by molar-refractivity contribution is 7.91. The predicted octanol–water partition coefficient (Wildman–Crippen LogP) is 1.93. The summed E-state index contributed by atoms with van der Waals surface area (Å²) in [7, 11) is -1.73. The molecule has 1 aromatic rings. The van der Waals surface area contributed by atoms with E-state index in [2.05, 4.69) is 5.32 Å². The first kappa shape index (κ1) is 18.3. The number of carbonyl (C=O) groups is 1. The van der Waals surface area contributed by atoms with Crippen molar-refractivity contribution in [3.8, 4) is 0 Å². The lowest BCUT2D eigenvalue weighted by Gasteiger charge is -2.25. The third kappa shape index (κ3) is 5.59. The number of benzene rings is 1. The first-order valence-electron chi connectivity index (χ1n) is 6.80. The zero-order valence-corrected chi connectivity index (χ0v) is 13.6. The molecule has 1 rings (SSSR count). The minimum Gasteiger partial charge on any atom is -0.334 e. The number of hydrogen-bond donors (Lipinski definition) is 1. The summed E-state index contributed by atoms with van der Waals surface area (Å²) in [6.07, 6.45) is 0. The van der Waals surface area contributed by atoms with E-state index in [1.54, 1.807) is 13.8 Å². The zero-order chi connectivity index (χ0) is 16.9. The fourth-order valence-corrected chi connectivity index (χ4v) is 3.01. The van der Waals surface area contributed by atoms with E-state index in [9.17, 15) is 22.0 Å². The monoisotopic (exact) mass is 334 g/mol. The average molecular weight is 334 g/mol. The van der Waals surface area contributed by atoms with Crippen molar-refractivity contribution in [1.29, 1.82) is 0 Å². The van der Waals surface area contributed by atoms with Crippen LogP contribution >= 0.6 is 0 Å². The van der Waals surface area contributed by atoms with Crippen molar-refractivity contribution in [3.05, 3.63) is 35.4 Å². The molecule has 0 saturated heterocycles. The number of urea groups is 1. The lowest BCUT2D eigenvalue weighted by Crippen LogP contribution is -2.45. The van der Waals surface area contributed by atoms with Crippen LogP contribution < -0.4 is 5.32 Å². The van der Waals surface area contributed by atoms with E-state index in [0.29, 0.717) is 0 Å². The molecule has 1 atom stereocenters. The lowest BCUT2D eigenvalue weighted by molar-refractivity contribution is 0.197. The number of hydrogen-bond acceptors (Lipinski definition) is 3. The first-order valence-corrected chi connectivity index (χ1v) is 8.63. The Morgan fingerprint density at radius 3 is 2.32 bits per heavy atom. The van der Waals surface area contributed by atoms with Crippen LogP contribution in [0.4, 0.5) is 13.6 Å². The van der Waals surface area contributed by atoms with E-state index in [1.165, 1.54) is 11.9 Å². The summed E-state index contributed by atoms with van der Waals surface area (Å²) in [6.45, 7) is 3.11. The Labute approximate surface area is 129 Å². The highest BCUT2D eigenvalue weighted by Crippen LogP contribution is 2.08. The Balaban J connectivity index is 2.60. The van der Waals surface area contributed by atoms with Gasteiger partial charge >= 0.3 is 6.03 Å². The van der Waals surface area contributed by atoms with Crippen LogP contribution in [0.1, 0.15) is 19.4 Å². The standard InChI is InChI=1S/C14H20F2N2O3S/c1-4-22(20,21)9-10(2)18(3)14(19)17-8-11-5-12(15)7-13(16)6-11/h5-7,10H,4,8-9H2,1-3H3,(H,17,19)/t10-/m0/s1. The van der Waals surface area contributed by atoms with Crippen molar-refractivity contribution in [2.75, 3.05) is 18.6 Å². The second-order valence-corrected chi connectivity index (χ2v) is 7.49. The quantitative estimate of drug-likeness (QED) is 0.864. The Morgan fingerprint density at radius 1 is 1.27 bits per heavy atom. The Hall–Kier alpha value is -1.70. The molecule has 0 radical (unpaired) electrons. The molecule has 22 heavy (non-hydrogen) atoms. The van der Waals surface area contributed by atoms with Gasteiger partial charge in [0.2, 0.25) is 0 Å². The topological polar surface area (TPSA) is 66.5 Å². The fraction of sp³-hybridized carbons (Fsp3) is 0.500. The molecule has 124 valence electrons. The molecule has 1 N–H and O–H groups in total. The average Bonchev–Trinajstić information content (AvgIpc) is 2.42. The minimum atomic E-state index is -3.20. The van der Waals surface area contributed by atoms with Gasteiger partial charge in [-0.05, 0) is 24.6 Å². The van der Waals surface area contributed by atoms with E-state index in [0.717, 1.165) is 18.2 Å². The van der Waals surface area contributed by atoms with Crippen molar-refractivity contribution < 1.29 is 22.0 Å². The van der Waals surface area contributed by atoms with Crippen LogP contribution in [0, 0.1) is 11.6 Å². The van der Waals surface area contributed by atoms with Crippen molar-refractivity contribution >= 4 is 15.9 Å². The molecule has 0 aliphatic rings. The van der Waals surface area contributed by atoms with Crippen LogP contribution in [0.5, 0.6) is 0 Å². The van der Waals surface area contributed by atoms with Gasteiger partial charge in [-0.25, -0.2) is 22.0 Å². The maximum Gasteiger partial charge on any atom is 0.317 e. The third-order valence-corrected chi connectivity index (χ3v) is 5.15. The summed E-state index contributed by atoms with van der Waals surface area (Å²) in [4.78, 5) is 13.2. The summed E-state index contributed by atoms with van der Waals surface area (Å²) in [5, 5.41) is 2.50. The molecule has 0 bridgehead atoms. The van der Waals surface area contributed by atoms with Gasteiger partial charge in [0.05, 0.1) is 5.75 Å². The second-order valence-electron chi connectivity index (χ2n) is 5.10. The van der Waals surface area contributed by atoms with Crippen LogP contribution in [0.2, 0.25) is 0 Å². The molecule has 2 amide bonds. The number of nitrogens with one attached hydrogen (secondary N) is 1. The maximum absolute atomic E-state index is 13.0. The molecule has 0 heterocycles. The van der Waals surface area contributed by atoms with Gasteiger partial charge in [0.25, 0.3) is 0 Å². The van der Waals surface area contributed by atoms with Gasteiger partial charge in [-0.2, -0.15) is 0 Å². The molecule has 0 saturated carbocycles. The molecule has 0 aliphatic carbocycles. The maximum atomic E-state index is 13.0. The summed E-state index contributed by atoms with van der Waals surface area (Å²) >= 11 is 0. The van der Waals surface area contributed by atoms with Gasteiger partial charge in [0.1, 0.15) is 11.6 Å². The van der Waals surface area contributed by atoms with Gasteiger partial charge in [0.15, 0.2) is 9.84 Å². The Morgan fingerprint density at radius 2 is 1.82 bits per heavy atom. The van der Waals surface area contributed by atoms with E-state index in [4.69, 9.17) is 0 Å². The molecular formula is C14H20F2N2O3S. The highest BCUT2D eigenvalue weighted by Gasteiger charge is 2.21. The molecule has 5 nitrogen and oxygen atoms in total. The third-order valence-electron chi connectivity index (χ3n) is 3.28. The van der Waals surface area contributed by atoms with Crippen molar-refractivity contribution in [2.24, 2.45) is 0 Å². The van der Waals surface area contributed by atoms with Crippen LogP contribution in [0.15, 0.2) is 18.2 Å². The molecule has 8 heteroatoms. The molecule has 0 unspecified atom stereocenters. The SMILES string of the molecule is CCS(=O)(=O)C[C@H](C)N(C)C(=O)NCc1cc(F)cc(F)c1. The molecule has 0 aliphatic heterocycles. The van der Waals surface area contributed by atoms with Crippen LogP contribution in [-0.4, -0.2) is 43.9 Å². The van der Waals surface area contributed by atoms with Crippen LogP contribution in [-0.2, 0) is 16.4 Å². The molecular weight excluding hydrogens is 314 g/mol. The number of rotatable bonds is 6. The smallest absolute Gasteiger partial charge is 0.317 e. The van der Waals surface area contributed by atoms with E-state index in [1.807, 2.05) is 0 Å². The van der Waals surface area contributed by atoms with Gasteiger partial charge in [-0.15, -0.1) is 0 Å². The predicted molar refractivity (Wildman–Crippen MR) is 80.1 cm³/mol. The van der Waals surface area contributed by atoms with Gasteiger partial charge < -0.3 is 10.2 Å². The Bertz CT molecular complexity index is 615. The number of halogens is 2. The van der Waals surface area contributed by atoms with Crippen molar-refractivity contribution in [3.63, 3.8) is 0 Å². The van der Waals surface area contributed by atoms with Crippen LogP contribution in [0.25, 0.3) is 0 Å². The molecule has 0 aromatic heterocycles. The molecule has 0 fully saturated rings. The highest BCUT2D eigenvalue weighted by atomic mass is 32.2. The number of amides is 2. The summed E-state index contributed by atoms with van der Waals surface area (Å²) in [5.41, 5.74) is 0.285. The first-order chi connectivity index (χ1) is 10.1. The van der Waals surface area contributed by atoms with Crippen molar-refractivity contribution in [2.45, 2.75) is 26.4 Å². The summed E-state index contributed by atoms with van der Waals surface area (Å²) in [6, 6.07) is 1.97. The minimum absolute atomic E-state index is 0.00929. The number of nitrogens with zero attached hydrogens (tertiary/aromatic N) is 1. The van der Waals surface area contributed by atoms with Gasteiger partial charge in [0, 0.05) is 31.5 Å². The normalized spacial score (nSPS) is 12.8. The van der Waals surface area contributed by atoms with Crippen molar-refractivity contribution in [1.82, 2.24) is 10.2 Å². The summed E-state index contributed by atoms with van der Waals surface area (Å²) in [5.74, 6) is -1.57. The van der Waals surface area contributed by atoms with E-state index >= 15 is 0 Å². The van der Waals surface area contributed by atoms with E-state index in [-0.39, 0.29) is 23.6 Å². The second kappa shape index (κ2) is 7.53.